The van der Waals surface area contributed by atoms with Crippen molar-refractivity contribution in [3.63, 3.8) is 0 Å². The predicted molar refractivity (Wildman–Crippen MR) is 81.6 cm³/mol. The third kappa shape index (κ3) is 3.11. The van der Waals surface area contributed by atoms with E-state index in [1.165, 1.54) is 16.4 Å². The number of piperidine rings is 1. The van der Waals surface area contributed by atoms with Crippen molar-refractivity contribution in [3.05, 3.63) is 17.2 Å². The molecule has 23 heavy (non-hydrogen) atoms. The number of hydrogen-bond donors (Lipinski definition) is 1. The van der Waals surface area contributed by atoms with Gasteiger partial charge in [0.05, 0.1) is 10.9 Å². The Balaban J connectivity index is 1.87. The van der Waals surface area contributed by atoms with Gasteiger partial charge in [-0.15, -0.1) is 0 Å². The van der Waals surface area contributed by atoms with Gasteiger partial charge in [-0.2, -0.15) is 4.31 Å². The lowest BCUT2D eigenvalue weighted by Gasteiger charge is -2.30. The SMILES string of the molecule is O=C(O)C1CCN(S(=O)(=O)c2cc3c(cc2Cl)OCCO3)CC1. The Morgan fingerprint density at radius 1 is 1.17 bits per heavy atom. The van der Waals surface area contributed by atoms with Gasteiger partial charge in [-0.3, -0.25) is 4.79 Å². The van der Waals surface area contributed by atoms with Gasteiger partial charge in [0.2, 0.25) is 10.0 Å². The van der Waals surface area contributed by atoms with Gasteiger partial charge in [-0.1, -0.05) is 11.6 Å². The highest BCUT2D eigenvalue weighted by Crippen LogP contribution is 2.38. The van der Waals surface area contributed by atoms with E-state index < -0.39 is 21.9 Å². The van der Waals surface area contributed by atoms with Crippen molar-refractivity contribution in [1.29, 1.82) is 0 Å². The van der Waals surface area contributed by atoms with Gasteiger partial charge >= 0.3 is 5.97 Å². The van der Waals surface area contributed by atoms with E-state index in [4.69, 9.17) is 26.2 Å². The molecule has 126 valence electrons. The summed E-state index contributed by atoms with van der Waals surface area (Å²) < 4.78 is 37.6. The molecule has 9 heteroatoms. The summed E-state index contributed by atoms with van der Waals surface area (Å²) in [5.74, 6) is -0.624. The number of carbonyl (C=O) groups is 1. The Morgan fingerprint density at radius 3 is 2.30 bits per heavy atom. The van der Waals surface area contributed by atoms with Crippen molar-refractivity contribution in [1.82, 2.24) is 4.31 Å². The van der Waals surface area contributed by atoms with Crippen molar-refractivity contribution < 1.29 is 27.8 Å². The molecule has 1 aromatic carbocycles. The summed E-state index contributed by atoms with van der Waals surface area (Å²) in [6.07, 6.45) is 0.577. The second kappa shape index (κ2) is 6.18. The zero-order valence-corrected chi connectivity index (χ0v) is 13.8. The Hall–Kier alpha value is -1.51. The number of ether oxygens (including phenoxy) is 2. The van der Waals surface area contributed by atoms with Gasteiger partial charge in [0, 0.05) is 25.2 Å². The Morgan fingerprint density at radius 2 is 1.74 bits per heavy atom. The molecule has 0 amide bonds. The molecule has 1 aromatic rings. The van der Waals surface area contributed by atoms with E-state index in [2.05, 4.69) is 0 Å². The number of carboxylic acids is 1. The minimum Gasteiger partial charge on any atom is -0.486 e. The molecule has 3 rings (SSSR count). The zero-order chi connectivity index (χ0) is 16.6. The smallest absolute Gasteiger partial charge is 0.306 e. The van der Waals surface area contributed by atoms with Crippen LogP contribution in [0.25, 0.3) is 0 Å². The molecule has 0 spiro atoms. The van der Waals surface area contributed by atoms with Crippen LogP contribution in [0.5, 0.6) is 11.5 Å². The summed E-state index contributed by atoms with van der Waals surface area (Å²) in [5, 5.41) is 9.07. The molecule has 0 aliphatic carbocycles. The van der Waals surface area contributed by atoms with Crippen molar-refractivity contribution in [3.8, 4) is 11.5 Å². The van der Waals surface area contributed by atoms with Crippen molar-refractivity contribution >= 4 is 27.6 Å². The third-order valence-electron chi connectivity index (χ3n) is 4.02. The van der Waals surface area contributed by atoms with Crippen LogP contribution < -0.4 is 9.47 Å². The van der Waals surface area contributed by atoms with Gasteiger partial charge in [0.25, 0.3) is 0 Å². The summed E-state index contributed by atoms with van der Waals surface area (Å²) >= 11 is 6.11. The zero-order valence-electron chi connectivity index (χ0n) is 12.2. The molecule has 0 saturated carbocycles. The first-order chi connectivity index (χ1) is 10.9. The lowest BCUT2D eigenvalue weighted by Crippen LogP contribution is -2.40. The van der Waals surface area contributed by atoms with E-state index in [-0.39, 0.29) is 35.8 Å². The van der Waals surface area contributed by atoms with Crippen LogP contribution in [0.15, 0.2) is 17.0 Å². The Bertz CT molecular complexity index is 727. The molecule has 0 aromatic heterocycles. The van der Waals surface area contributed by atoms with Gasteiger partial charge in [-0.25, -0.2) is 8.42 Å². The van der Waals surface area contributed by atoms with Gasteiger partial charge in [0.1, 0.15) is 18.1 Å². The largest absolute Gasteiger partial charge is 0.486 e. The van der Waals surface area contributed by atoms with Crippen LogP contribution in [-0.2, 0) is 14.8 Å². The van der Waals surface area contributed by atoms with Crippen LogP contribution in [-0.4, -0.2) is 50.1 Å². The van der Waals surface area contributed by atoms with Crippen LogP contribution in [0.1, 0.15) is 12.8 Å². The molecule has 7 nitrogen and oxygen atoms in total. The number of halogens is 1. The molecule has 0 atom stereocenters. The fourth-order valence-corrected chi connectivity index (χ4v) is 4.70. The molecule has 2 aliphatic heterocycles. The second-order valence-electron chi connectivity index (χ2n) is 5.44. The fourth-order valence-electron chi connectivity index (χ4n) is 2.73. The average Bonchev–Trinajstić information content (AvgIpc) is 2.54. The van der Waals surface area contributed by atoms with E-state index in [1.54, 1.807) is 0 Å². The molecule has 2 aliphatic rings. The van der Waals surface area contributed by atoms with Gasteiger partial charge in [0.15, 0.2) is 11.5 Å². The van der Waals surface area contributed by atoms with Crippen LogP contribution >= 0.6 is 11.6 Å². The van der Waals surface area contributed by atoms with E-state index >= 15 is 0 Å². The standard InChI is InChI=1S/C14H16ClNO6S/c15-10-7-11-12(22-6-5-21-11)8-13(10)23(19,20)16-3-1-9(2-4-16)14(17)18/h7-9H,1-6H2,(H,17,18). The van der Waals surface area contributed by atoms with Crippen LogP contribution in [0, 0.1) is 5.92 Å². The van der Waals surface area contributed by atoms with Crippen molar-refractivity contribution in [2.45, 2.75) is 17.7 Å². The highest BCUT2D eigenvalue weighted by molar-refractivity contribution is 7.89. The van der Waals surface area contributed by atoms with Gasteiger partial charge in [-0.05, 0) is 12.8 Å². The molecule has 1 fully saturated rings. The third-order valence-corrected chi connectivity index (χ3v) is 6.38. The van der Waals surface area contributed by atoms with Crippen LogP contribution in [0.2, 0.25) is 5.02 Å². The number of fused-ring (bicyclic) bond motifs is 1. The molecular weight excluding hydrogens is 346 g/mol. The summed E-state index contributed by atoms with van der Waals surface area (Å²) in [4.78, 5) is 10.9. The van der Waals surface area contributed by atoms with Crippen LogP contribution in [0.4, 0.5) is 0 Å². The molecule has 1 saturated heterocycles. The number of nitrogens with zero attached hydrogens (tertiary/aromatic N) is 1. The molecule has 0 bridgehead atoms. The maximum absolute atomic E-state index is 12.8. The fraction of sp³-hybridized carbons (Fsp3) is 0.500. The van der Waals surface area contributed by atoms with Crippen LogP contribution in [0.3, 0.4) is 0 Å². The number of aliphatic carboxylic acids is 1. The number of hydrogen-bond acceptors (Lipinski definition) is 5. The molecule has 1 N–H and O–H groups in total. The van der Waals surface area contributed by atoms with E-state index in [0.717, 1.165) is 0 Å². The summed E-state index contributed by atoms with van der Waals surface area (Å²) in [6.45, 7) is 1.05. The topological polar surface area (TPSA) is 93.1 Å². The highest BCUT2D eigenvalue weighted by Gasteiger charge is 2.34. The monoisotopic (exact) mass is 361 g/mol. The molecule has 0 radical (unpaired) electrons. The molecule has 2 heterocycles. The normalized spacial score (nSPS) is 19.5. The predicted octanol–water partition coefficient (Wildman–Crippen LogP) is 1.60. The minimum absolute atomic E-state index is 0.0443. The lowest BCUT2D eigenvalue weighted by molar-refractivity contribution is -0.142. The summed E-state index contributed by atoms with van der Waals surface area (Å²) in [6, 6.07) is 2.81. The van der Waals surface area contributed by atoms with E-state index in [1.807, 2.05) is 0 Å². The second-order valence-corrected chi connectivity index (χ2v) is 7.76. The van der Waals surface area contributed by atoms with Crippen molar-refractivity contribution in [2.24, 2.45) is 5.92 Å². The first-order valence-corrected chi connectivity index (χ1v) is 9.03. The first-order valence-electron chi connectivity index (χ1n) is 7.21. The molecule has 0 unspecified atom stereocenters. The summed E-state index contributed by atoms with van der Waals surface area (Å²) in [5.41, 5.74) is 0. The maximum atomic E-state index is 12.8. The first kappa shape index (κ1) is 16.4. The lowest BCUT2D eigenvalue weighted by atomic mass is 9.99. The number of sulfonamides is 1. The highest BCUT2D eigenvalue weighted by atomic mass is 35.5. The number of carboxylic acid groups (broad SMARTS) is 1. The number of rotatable bonds is 3. The number of benzene rings is 1. The Labute approximate surface area is 138 Å². The van der Waals surface area contributed by atoms with Gasteiger partial charge < -0.3 is 14.6 Å². The average molecular weight is 362 g/mol. The van der Waals surface area contributed by atoms with E-state index in [9.17, 15) is 13.2 Å². The van der Waals surface area contributed by atoms with Crippen molar-refractivity contribution in [2.75, 3.05) is 26.3 Å². The maximum Gasteiger partial charge on any atom is 0.306 e. The Kier molecular flexibility index (Phi) is 4.39. The minimum atomic E-state index is -3.80. The quantitative estimate of drug-likeness (QED) is 0.878. The summed E-state index contributed by atoms with van der Waals surface area (Å²) in [7, 11) is -3.80. The van der Waals surface area contributed by atoms with E-state index in [0.29, 0.717) is 24.7 Å². The molecular formula is C14H16ClNO6S.